The van der Waals surface area contributed by atoms with E-state index in [0.29, 0.717) is 6.61 Å². The fourth-order valence-corrected chi connectivity index (χ4v) is 3.50. The minimum absolute atomic E-state index is 0.00482. The van der Waals surface area contributed by atoms with Crippen LogP contribution in [0.4, 0.5) is 14.5 Å². The van der Waals surface area contributed by atoms with E-state index in [2.05, 4.69) is 5.32 Å². The van der Waals surface area contributed by atoms with Crippen molar-refractivity contribution in [3.63, 3.8) is 0 Å². The molecule has 1 saturated heterocycles. The number of hydrogen-bond acceptors (Lipinski definition) is 3. The fourth-order valence-electron chi connectivity index (χ4n) is 3.50. The molecule has 0 amide bonds. The van der Waals surface area contributed by atoms with Gasteiger partial charge in [0.25, 0.3) is 0 Å². The number of hydrogen-bond donors (Lipinski definition) is 1. The van der Waals surface area contributed by atoms with Gasteiger partial charge in [-0.05, 0) is 37.8 Å². The molecular weight excluding hydrogens is 274 g/mol. The van der Waals surface area contributed by atoms with Gasteiger partial charge in [0.1, 0.15) is 5.69 Å². The molecule has 1 aliphatic heterocycles. The zero-order chi connectivity index (χ0) is 14.9. The molecule has 1 aliphatic carbocycles. The second-order valence-electron chi connectivity index (χ2n) is 6.00. The van der Waals surface area contributed by atoms with Crippen molar-refractivity contribution < 1.29 is 13.5 Å². The van der Waals surface area contributed by atoms with Gasteiger partial charge >= 0.3 is 0 Å². The summed E-state index contributed by atoms with van der Waals surface area (Å²) in [6, 6.07) is 3.89. The maximum absolute atomic E-state index is 13.9. The topological polar surface area (TPSA) is 45.0 Å². The lowest BCUT2D eigenvalue weighted by Crippen LogP contribution is -2.42. The molecule has 1 aromatic carbocycles. The zero-order valence-electron chi connectivity index (χ0n) is 11.8. The monoisotopic (exact) mass is 292 g/mol. The minimum Gasteiger partial charge on any atom is -0.377 e. The maximum atomic E-state index is 13.9. The lowest BCUT2D eigenvalue weighted by Gasteiger charge is -2.39. The Morgan fingerprint density at radius 1 is 1.24 bits per heavy atom. The van der Waals surface area contributed by atoms with Crippen molar-refractivity contribution in [2.24, 2.45) is 0 Å². The number of ether oxygens (including phenoxy) is 1. The smallest absolute Gasteiger partial charge is 0.150 e. The predicted octanol–water partition coefficient (Wildman–Crippen LogP) is 3.74. The highest BCUT2D eigenvalue weighted by atomic mass is 19.1. The highest BCUT2D eigenvalue weighted by Gasteiger charge is 2.40. The van der Waals surface area contributed by atoms with Crippen molar-refractivity contribution in [1.29, 1.82) is 5.26 Å². The molecular formula is C16H18F2N2O. The first kappa shape index (κ1) is 14.3. The number of rotatable bonds is 2. The molecule has 3 rings (SSSR count). The Morgan fingerprint density at radius 3 is 2.52 bits per heavy atom. The molecule has 1 unspecified atom stereocenters. The van der Waals surface area contributed by atoms with E-state index in [4.69, 9.17) is 10.00 Å². The van der Waals surface area contributed by atoms with E-state index >= 15 is 0 Å². The molecule has 1 aromatic rings. The van der Waals surface area contributed by atoms with Gasteiger partial charge < -0.3 is 10.1 Å². The standard InChI is InChI=1S/C16H18F2N2O/c17-13-7-11(10-19)8-14(18)15(13)20-12-3-6-21-16(9-12)4-1-2-5-16/h7-8,12,20H,1-6,9H2. The summed E-state index contributed by atoms with van der Waals surface area (Å²) >= 11 is 0. The van der Waals surface area contributed by atoms with Crippen LogP contribution >= 0.6 is 0 Å². The lowest BCUT2D eigenvalue weighted by atomic mass is 9.89. The van der Waals surface area contributed by atoms with Crippen molar-refractivity contribution in [2.45, 2.75) is 50.2 Å². The third-order valence-corrected chi connectivity index (χ3v) is 4.53. The summed E-state index contributed by atoms with van der Waals surface area (Å²) in [5, 5.41) is 11.7. The maximum Gasteiger partial charge on any atom is 0.150 e. The van der Waals surface area contributed by atoms with Gasteiger partial charge in [0.15, 0.2) is 11.6 Å². The Labute approximate surface area is 122 Å². The Hall–Kier alpha value is -1.67. The molecule has 2 aliphatic rings. The highest BCUT2D eigenvalue weighted by molar-refractivity contribution is 5.51. The van der Waals surface area contributed by atoms with Gasteiger partial charge in [-0.25, -0.2) is 8.78 Å². The van der Waals surface area contributed by atoms with Gasteiger partial charge in [-0.3, -0.25) is 0 Å². The summed E-state index contributed by atoms with van der Waals surface area (Å²) in [6.45, 7) is 0.622. The SMILES string of the molecule is N#Cc1cc(F)c(NC2CCOC3(CCCC3)C2)c(F)c1. The summed E-state index contributed by atoms with van der Waals surface area (Å²) in [7, 11) is 0. The van der Waals surface area contributed by atoms with Gasteiger partial charge in [0.2, 0.25) is 0 Å². The molecule has 0 aromatic heterocycles. The summed E-state index contributed by atoms with van der Waals surface area (Å²) in [6.07, 6.45) is 5.90. The molecule has 0 radical (unpaired) electrons. The number of nitrogens with zero attached hydrogens (tertiary/aromatic N) is 1. The molecule has 1 N–H and O–H groups in total. The molecule has 1 spiro atoms. The van der Waals surface area contributed by atoms with Gasteiger partial charge in [-0.1, -0.05) is 12.8 Å². The molecule has 2 fully saturated rings. The third-order valence-electron chi connectivity index (χ3n) is 4.53. The molecule has 21 heavy (non-hydrogen) atoms. The molecule has 1 saturated carbocycles. The Morgan fingerprint density at radius 2 is 1.90 bits per heavy atom. The van der Waals surface area contributed by atoms with Crippen molar-refractivity contribution in [3.05, 3.63) is 29.3 Å². The van der Waals surface area contributed by atoms with Crippen LogP contribution in [0.15, 0.2) is 12.1 Å². The van der Waals surface area contributed by atoms with E-state index in [0.717, 1.165) is 50.7 Å². The first-order valence-electron chi connectivity index (χ1n) is 7.41. The van der Waals surface area contributed by atoms with Gasteiger partial charge in [0, 0.05) is 12.6 Å². The number of nitrogens with one attached hydrogen (secondary N) is 1. The fraction of sp³-hybridized carbons (Fsp3) is 0.562. The van der Waals surface area contributed by atoms with Crippen molar-refractivity contribution in [2.75, 3.05) is 11.9 Å². The molecule has 1 atom stereocenters. The molecule has 112 valence electrons. The summed E-state index contributed by atoms with van der Waals surface area (Å²) in [4.78, 5) is 0. The van der Waals surface area contributed by atoms with Crippen LogP contribution in [0.2, 0.25) is 0 Å². The number of anilines is 1. The van der Waals surface area contributed by atoms with Crippen molar-refractivity contribution in [1.82, 2.24) is 0 Å². The highest BCUT2D eigenvalue weighted by Crippen LogP contribution is 2.40. The minimum atomic E-state index is -0.710. The summed E-state index contributed by atoms with van der Waals surface area (Å²) in [5.41, 5.74) is -0.237. The van der Waals surface area contributed by atoms with E-state index in [1.807, 2.05) is 0 Å². The molecule has 5 heteroatoms. The average molecular weight is 292 g/mol. The normalized spacial score (nSPS) is 24.0. The largest absolute Gasteiger partial charge is 0.377 e. The van der Waals surface area contributed by atoms with Gasteiger partial charge in [0.05, 0.1) is 17.2 Å². The van der Waals surface area contributed by atoms with Crippen LogP contribution in [0.5, 0.6) is 0 Å². The Balaban J connectivity index is 1.76. The van der Waals surface area contributed by atoms with E-state index < -0.39 is 11.6 Å². The molecule has 3 nitrogen and oxygen atoms in total. The lowest BCUT2D eigenvalue weighted by molar-refractivity contribution is -0.0767. The molecule has 0 bridgehead atoms. The van der Waals surface area contributed by atoms with E-state index in [1.54, 1.807) is 6.07 Å². The summed E-state index contributed by atoms with van der Waals surface area (Å²) in [5.74, 6) is -1.42. The number of benzene rings is 1. The van der Waals surface area contributed by atoms with Crippen molar-refractivity contribution in [3.8, 4) is 6.07 Å². The quantitative estimate of drug-likeness (QED) is 0.903. The van der Waals surface area contributed by atoms with E-state index in [9.17, 15) is 8.78 Å². The van der Waals surface area contributed by atoms with E-state index in [-0.39, 0.29) is 22.9 Å². The predicted molar refractivity (Wildman–Crippen MR) is 74.9 cm³/mol. The van der Waals surface area contributed by atoms with E-state index in [1.165, 1.54) is 0 Å². The van der Waals surface area contributed by atoms with Crippen LogP contribution in [0.1, 0.15) is 44.1 Å². The zero-order valence-corrected chi connectivity index (χ0v) is 11.8. The summed E-state index contributed by atoms with van der Waals surface area (Å²) < 4.78 is 33.8. The van der Waals surface area contributed by atoms with Crippen molar-refractivity contribution >= 4 is 5.69 Å². The Bertz CT molecular complexity index is 553. The van der Waals surface area contributed by atoms with Crippen LogP contribution in [-0.4, -0.2) is 18.2 Å². The van der Waals surface area contributed by atoms with Crippen LogP contribution in [0.3, 0.4) is 0 Å². The first-order chi connectivity index (χ1) is 10.1. The van der Waals surface area contributed by atoms with Crippen LogP contribution < -0.4 is 5.32 Å². The second kappa shape index (κ2) is 5.61. The van der Waals surface area contributed by atoms with Crippen LogP contribution in [0.25, 0.3) is 0 Å². The Kier molecular flexibility index (Phi) is 3.81. The first-order valence-corrected chi connectivity index (χ1v) is 7.41. The average Bonchev–Trinajstić information content (AvgIpc) is 2.90. The van der Waals surface area contributed by atoms with Crippen LogP contribution in [0, 0.1) is 23.0 Å². The number of halogens is 2. The number of nitriles is 1. The second-order valence-corrected chi connectivity index (χ2v) is 6.00. The van der Waals surface area contributed by atoms with Crippen LogP contribution in [-0.2, 0) is 4.74 Å². The van der Waals surface area contributed by atoms with Gasteiger partial charge in [-0.2, -0.15) is 5.26 Å². The van der Waals surface area contributed by atoms with Gasteiger partial charge in [-0.15, -0.1) is 0 Å². The third kappa shape index (κ3) is 2.86. The molecule has 1 heterocycles.